The zero-order chi connectivity index (χ0) is 9.68. The molecule has 13 heavy (non-hydrogen) atoms. The third kappa shape index (κ3) is 4.07. The zero-order valence-electron chi connectivity index (χ0n) is 9.12. The van der Waals surface area contributed by atoms with Crippen LogP contribution >= 0.6 is 0 Å². The molecule has 0 bridgehead atoms. The van der Waals surface area contributed by atoms with E-state index in [1.54, 1.807) is 0 Å². The van der Waals surface area contributed by atoms with Crippen LogP contribution in [0.25, 0.3) is 0 Å². The van der Waals surface area contributed by atoms with Crippen LogP contribution in [-0.2, 0) is 4.74 Å². The van der Waals surface area contributed by atoms with Crippen molar-refractivity contribution in [1.82, 2.24) is 9.80 Å². The summed E-state index contributed by atoms with van der Waals surface area (Å²) >= 11 is 0. The Morgan fingerprint density at radius 1 is 1.08 bits per heavy atom. The van der Waals surface area contributed by atoms with E-state index in [1.165, 1.54) is 19.6 Å². The Hall–Kier alpha value is -0.120. The van der Waals surface area contributed by atoms with Crippen molar-refractivity contribution in [1.29, 1.82) is 0 Å². The van der Waals surface area contributed by atoms with Crippen molar-refractivity contribution >= 4 is 0 Å². The number of piperazine rings is 1. The van der Waals surface area contributed by atoms with Gasteiger partial charge in [0.1, 0.15) is 0 Å². The number of likely N-dealkylation sites (N-methyl/N-ethyl adjacent to an activating group) is 1. The second kappa shape index (κ2) is 5.58. The summed E-state index contributed by atoms with van der Waals surface area (Å²) in [5.41, 5.74) is 0. The minimum Gasteiger partial charge on any atom is -0.363 e. The van der Waals surface area contributed by atoms with Gasteiger partial charge >= 0.3 is 0 Å². The Balaban J connectivity index is 2.10. The van der Waals surface area contributed by atoms with Gasteiger partial charge in [-0.25, -0.2) is 0 Å². The molecule has 0 N–H and O–H groups in total. The number of nitrogens with zero attached hydrogens (tertiary/aromatic N) is 2. The van der Waals surface area contributed by atoms with Crippen LogP contribution in [0.4, 0.5) is 0 Å². The van der Waals surface area contributed by atoms with Crippen molar-refractivity contribution < 1.29 is 4.74 Å². The maximum atomic E-state index is 5.56. The normalized spacial score (nSPS) is 21.2. The number of hydrogen-bond donors (Lipinski definition) is 0. The zero-order valence-corrected chi connectivity index (χ0v) is 9.12. The average molecular weight is 186 g/mol. The van der Waals surface area contributed by atoms with Gasteiger partial charge in [0.25, 0.3) is 0 Å². The van der Waals surface area contributed by atoms with Crippen LogP contribution in [0.2, 0.25) is 0 Å². The molecule has 0 unspecified atom stereocenters. The minimum absolute atomic E-state index is 0.351. The molecule has 0 atom stereocenters. The molecule has 0 saturated carbocycles. The smallest absolute Gasteiger partial charge is 0.0994 e. The summed E-state index contributed by atoms with van der Waals surface area (Å²) in [6, 6.07) is 0. The second-order valence-corrected chi connectivity index (χ2v) is 3.90. The van der Waals surface area contributed by atoms with E-state index in [-0.39, 0.29) is 0 Å². The fourth-order valence-electron chi connectivity index (χ4n) is 1.49. The largest absolute Gasteiger partial charge is 0.363 e. The Morgan fingerprint density at radius 3 is 2.08 bits per heavy atom. The highest BCUT2D eigenvalue weighted by atomic mass is 16.5. The average Bonchev–Trinajstić information content (AvgIpc) is 2.15. The fourth-order valence-corrected chi connectivity index (χ4v) is 1.49. The molecule has 0 aromatic heterocycles. The molecule has 0 aromatic carbocycles. The highest BCUT2D eigenvalue weighted by Gasteiger charge is 2.14. The first kappa shape index (κ1) is 11.0. The van der Waals surface area contributed by atoms with Crippen molar-refractivity contribution in [2.24, 2.45) is 0 Å². The molecule has 3 nitrogen and oxygen atoms in total. The van der Waals surface area contributed by atoms with Gasteiger partial charge in [-0.3, -0.25) is 4.90 Å². The minimum atomic E-state index is 0.351. The molecule has 1 aliphatic rings. The molecule has 0 spiro atoms. The third-order valence-electron chi connectivity index (χ3n) is 2.50. The molecule has 0 aromatic rings. The van der Waals surface area contributed by atoms with Gasteiger partial charge in [-0.2, -0.15) is 0 Å². The van der Waals surface area contributed by atoms with Crippen LogP contribution < -0.4 is 0 Å². The lowest BCUT2D eigenvalue weighted by Gasteiger charge is -2.33. The summed E-state index contributed by atoms with van der Waals surface area (Å²) in [7, 11) is 0. The summed E-state index contributed by atoms with van der Waals surface area (Å²) < 4.78 is 5.56. The fraction of sp³-hybridized carbons (Fsp3) is 1.00. The van der Waals surface area contributed by atoms with Crippen LogP contribution in [0.3, 0.4) is 0 Å². The van der Waals surface area contributed by atoms with Gasteiger partial charge in [0, 0.05) is 26.2 Å². The highest BCUT2D eigenvalue weighted by Crippen LogP contribution is 2.01. The van der Waals surface area contributed by atoms with Gasteiger partial charge in [-0.15, -0.1) is 0 Å². The van der Waals surface area contributed by atoms with Gasteiger partial charge < -0.3 is 9.64 Å². The molecular weight excluding hydrogens is 164 g/mol. The quantitative estimate of drug-likeness (QED) is 0.651. The van der Waals surface area contributed by atoms with Crippen LogP contribution in [0.15, 0.2) is 0 Å². The van der Waals surface area contributed by atoms with Gasteiger partial charge in [0.15, 0.2) is 0 Å². The SMILES string of the molecule is CCN1CCN(COC(C)C)CC1. The number of rotatable bonds is 4. The lowest BCUT2D eigenvalue weighted by molar-refractivity contribution is -0.0247. The second-order valence-electron chi connectivity index (χ2n) is 3.90. The summed E-state index contributed by atoms with van der Waals surface area (Å²) in [5, 5.41) is 0. The molecule has 1 aliphatic heterocycles. The topological polar surface area (TPSA) is 15.7 Å². The molecule has 0 radical (unpaired) electrons. The first-order chi connectivity index (χ1) is 6.22. The van der Waals surface area contributed by atoms with E-state index in [0.29, 0.717) is 6.10 Å². The Kier molecular flexibility index (Phi) is 4.70. The van der Waals surface area contributed by atoms with E-state index in [1.807, 2.05) is 0 Å². The van der Waals surface area contributed by atoms with Gasteiger partial charge in [-0.05, 0) is 20.4 Å². The molecule has 1 heterocycles. The number of ether oxygens (including phenoxy) is 1. The molecule has 0 amide bonds. The lowest BCUT2D eigenvalue weighted by Crippen LogP contribution is -2.47. The summed E-state index contributed by atoms with van der Waals surface area (Å²) in [4.78, 5) is 4.86. The van der Waals surface area contributed by atoms with Crippen molar-refractivity contribution in [3.8, 4) is 0 Å². The number of hydrogen-bond acceptors (Lipinski definition) is 3. The van der Waals surface area contributed by atoms with Crippen molar-refractivity contribution in [2.75, 3.05) is 39.5 Å². The Morgan fingerprint density at radius 2 is 1.62 bits per heavy atom. The molecule has 0 aliphatic carbocycles. The van der Waals surface area contributed by atoms with Gasteiger partial charge in [0.2, 0.25) is 0 Å². The standard InChI is InChI=1S/C10H22N2O/c1-4-11-5-7-12(8-6-11)9-13-10(2)3/h10H,4-9H2,1-3H3. The first-order valence-electron chi connectivity index (χ1n) is 5.28. The predicted molar refractivity (Wildman–Crippen MR) is 54.8 cm³/mol. The van der Waals surface area contributed by atoms with E-state index in [9.17, 15) is 0 Å². The first-order valence-corrected chi connectivity index (χ1v) is 5.28. The molecule has 3 heteroatoms. The Labute approximate surface area is 81.7 Å². The third-order valence-corrected chi connectivity index (χ3v) is 2.50. The van der Waals surface area contributed by atoms with Crippen molar-refractivity contribution in [2.45, 2.75) is 26.9 Å². The molecule has 1 saturated heterocycles. The van der Waals surface area contributed by atoms with Crippen molar-refractivity contribution in [3.05, 3.63) is 0 Å². The van der Waals surface area contributed by atoms with Crippen LogP contribution in [0.1, 0.15) is 20.8 Å². The summed E-state index contributed by atoms with van der Waals surface area (Å²) in [6.07, 6.45) is 0.351. The summed E-state index contributed by atoms with van der Waals surface area (Å²) in [5.74, 6) is 0. The highest BCUT2D eigenvalue weighted by molar-refractivity contribution is 4.68. The van der Waals surface area contributed by atoms with E-state index < -0.39 is 0 Å². The van der Waals surface area contributed by atoms with Crippen LogP contribution in [-0.4, -0.2) is 55.4 Å². The monoisotopic (exact) mass is 186 g/mol. The van der Waals surface area contributed by atoms with E-state index >= 15 is 0 Å². The van der Waals surface area contributed by atoms with Crippen LogP contribution in [0.5, 0.6) is 0 Å². The molecular formula is C10H22N2O. The lowest BCUT2D eigenvalue weighted by atomic mass is 10.3. The summed E-state index contributed by atoms with van der Waals surface area (Å²) in [6.45, 7) is 13.1. The maximum absolute atomic E-state index is 5.56. The van der Waals surface area contributed by atoms with Gasteiger partial charge in [0.05, 0.1) is 12.8 Å². The maximum Gasteiger partial charge on any atom is 0.0994 e. The molecule has 78 valence electrons. The van der Waals surface area contributed by atoms with E-state index in [2.05, 4.69) is 30.6 Å². The van der Waals surface area contributed by atoms with E-state index in [4.69, 9.17) is 4.74 Å². The van der Waals surface area contributed by atoms with Crippen LogP contribution in [0, 0.1) is 0 Å². The van der Waals surface area contributed by atoms with E-state index in [0.717, 1.165) is 19.8 Å². The molecule has 1 rings (SSSR count). The molecule has 1 fully saturated rings. The predicted octanol–water partition coefficient (Wildman–Crippen LogP) is 1.01. The Bertz CT molecular complexity index is 131. The van der Waals surface area contributed by atoms with Gasteiger partial charge in [-0.1, -0.05) is 6.92 Å². The van der Waals surface area contributed by atoms with Crippen molar-refractivity contribution in [3.63, 3.8) is 0 Å².